The summed E-state index contributed by atoms with van der Waals surface area (Å²) >= 11 is 5.66. The fraction of sp³-hybridized carbons (Fsp3) is 0.333. The van der Waals surface area contributed by atoms with E-state index in [1.54, 1.807) is 0 Å². The van der Waals surface area contributed by atoms with Gasteiger partial charge in [-0.3, -0.25) is 0 Å². The summed E-state index contributed by atoms with van der Waals surface area (Å²) in [7, 11) is 0. The Balaban J connectivity index is 1.84. The molecular weight excluding hydrogens is 381 g/mol. The molecule has 1 aromatic carbocycles. The third-order valence-electron chi connectivity index (χ3n) is 4.71. The van der Waals surface area contributed by atoms with Crippen LogP contribution in [0.4, 0.5) is 24.7 Å². The summed E-state index contributed by atoms with van der Waals surface area (Å²) in [5.74, 6) is 0.445. The van der Waals surface area contributed by atoms with Crippen LogP contribution in [0.15, 0.2) is 30.5 Å². The molecule has 0 unspecified atom stereocenters. The van der Waals surface area contributed by atoms with Crippen LogP contribution in [0.3, 0.4) is 0 Å². The number of pyridine rings is 1. The number of piperidine rings is 1. The van der Waals surface area contributed by atoms with Gasteiger partial charge in [-0.25, -0.2) is 4.98 Å². The summed E-state index contributed by atoms with van der Waals surface area (Å²) in [6.07, 6.45) is -2.79. The Morgan fingerprint density at radius 1 is 1.26 bits per heavy atom. The van der Waals surface area contributed by atoms with Gasteiger partial charge in [-0.1, -0.05) is 17.7 Å². The molecule has 27 heavy (non-hydrogen) atoms. The molecule has 142 valence electrons. The van der Waals surface area contributed by atoms with Crippen molar-refractivity contribution in [1.29, 1.82) is 5.26 Å². The van der Waals surface area contributed by atoms with Crippen molar-refractivity contribution in [3.8, 4) is 6.07 Å². The predicted octanol–water partition coefficient (Wildman–Crippen LogP) is 3.70. The number of nitrogens with zero attached hydrogens (tertiary/aromatic N) is 3. The Labute approximate surface area is 158 Å². The first-order valence-electron chi connectivity index (χ1n) is 8.14. The zero-order valence-corrected chi connectivity index (χ0v) is 14.8. The van der Waals surface area contributed by atoms with E-state index in [4.69, 9.17) is 17.3 Å². The van der Waals surface area contributed by atoms with Gasteiger partial charge in [-0.05, 0) is 36.6 Å². The first-order chi connectivity index (χ1) is 12.6. The average Bonchev–Trinajstić information content (AvgIpc) is 2.62. The number of benzene rings is 1. The lowest BCUT2D eigenvalue weighted by Crippen LogP contribution is -2.43. The highest BCUT2D eigenvalue weighted by molar-refractivity contribution is 6.31. The fourth-order valence-corrected chi connectivity index (χ4v) is 3.44. The van der Waals surface area contributed by atoms with E-state index in [0.29, 0.717) is 30.2 Å². The molecule has 0 radical (unpaired) electrons. The third-order valence-corrected chi connectivity index (χ3v) is 5.04. The van der Waals surface area contributed by atoms with Crippen LogP contribution < -0.4 is 10.6 Å². The zero-order valence-electron chi connectivity index (χ0n) is 14.1. The number of nitriles is 1. The van der Waals surface area contributed by atoms with Crippen LogP contribution >= 0.6 is 11.6 Å². The third kappa shape index (κ3) is 3.80. The van der Waals surface area contributed by atoms with E-state index in [-0.39, 0.29) is 18.4 Å². The van der Waals surface area contributed by atoms with Crippen molar-refractivity contribution >= 4 is 23.1 Å². The quantitative estimate of drug-likeness (QED) is 0.808. The number of aliphatic hydroxyl groups is 1. The van der Waals surface area contributed by atoms with Gasteiger partial charge in [0.05, 0.1) is 33.6 Å². The average molecular weight is 397 g/mol. The van der Waals surface area contributed by atoms with Gasteiger partial charge in [0, 0.05) is 13.1 Å². The standard InChI is InChI=1S/C18H16ClF3N4O/c19-15-2-1-12(8-14(15)18(20,21)22)17(27)3-5-26(6-4-17)16-11(9-23)7-13(24)10-25-16/h1-2,7-8,10,27H,3-6,24H2. The number of halogens is 4. The first kappa shape index (κ1) is 19.3. The number of aromatic nitrogens is 1. The number of anilines is 2. The number of alkyl halides is 3. The van der Waals surface area contributed by atoms with Gasteiger partial charge in [0.25, 0.3) is 0 Å². The van der Waals surface area contributed by atoms with Gasteiger partial charge in [-0.2, -0.15) is 18.4 Å². The molecule has 1 fully saturated rings. The normalized spacial score (nSPS) is 16.8. The highest BCUT2D eigenvalue weighted by Crippen LogP contribution is 2.40. The minimum Gasteiger partial charge on any atom is -0.397 e. The highest BCUT2D eigenvalue weighted by Gasteiger charge is 2.39. The minimum atomic E-state index is -4.60. The Hall–Kier alpha value is -2.50. The van der Waals surface area contributed by atoms with Gasteiger partial charge < -0.3 is 15.7 Å². The number of hydrogen-bond donors (Lipinski definition) is 2. The SMILES string of the molecule is N#Cc1cc(N)cnc1N1CCC(O)(c2ccc(Cl)c(C(F)(F)F)c2)CC1. The Kier molecular flexibility index (Phi) is 4.93. The molecule has 1 aliphatic heterocycles. The lowest BCUT2D eigenvalue weighted by Gasteiger charge is -2.39. The van der Waals surface area contributed by atoms with E-state index in [9.17, 15) is 23.5 Å². The lowest BCUT2D eigenvalue weighted by molar-refractivity contribution is -0.137. The summed E-state index contributed by atoms with van der Waals surface area (Å²) < 4.78 is 39.3. The molecule has 0 aliphatic carbocycles. The molecule has 5 nitrogen and oxygen atoms in total. The van der Waals surface area contributed by atoms with Crippen molar-refractivity contribution in [1.82, 2.24) is 4.98 Å². The Morgan fingerprint density at radius 2 is 1.93 bits per heavy atom. The maximum absolute atomic E-state index is 13.1. The molecular formula is C18H16ClF3N4O. The van der Waals surface area contributed by atoms with Gasteiger partial charge in [-0.15, -0.1) is 0 Å². The molecule has 2 heterocycles. The zero-order chi connectivity index (χ0) is 19.8. The molecule has 3 rings (SSSR count). The van der Waals surface area contributed by atoms with Gasteiger partial charge >= 0.3 is 6.18 Å². The fourth-order valence-electron chi connectivity index (χ4n) is 3.22. The van der Waals surface area contributed by atoms with Crippen molar-refractivity contribution in [3.05, 3.63) is 52.2 Å². The Bertz CT molecular complexity index is 902. The van der Waals surface area contributed by atoms with Crippen molar-refractivity contribution in [2.24, 2.45) is 0 Å². The van der Waals surface area contributed by atoms with Crippen molar-refractivity contribution < 1.29 is 18.3 Å². The van der Waals surface area contributed by atoms with E-state index in [2.05, 4.69) is 4.98 Å². The lowest BCUT2D eigenvalue weighted by atomic mass is 9.83. The second-order valence-corrected chi connectivity index (χ2v) is 6.87. The van der Waals surface area contributed by atoms with Crippen LogP contribution in [-0.2, 0) is 11.8 Å². The maximum atomic E-state index is 13.1. The van der Waals surface area contributed by atoms with Gasteiger partial charge in [0.2, 0.25) is 0 Å². The van der Waals surface area contributed by atoms with Gasteiger partial charge in [0.1, 0.15) is 11.9 Å². The first-order valence-corrected chi connectivity index (χ1v) is 8.52. The summed E-state index contributed by atoms with van der Waals surface area (Å²) in [5.41, 5.74) is 4.10. The van der Waals surface area contributed by atoms with Crippen LogP contribution in [-0.4, -0.2) is 23.2 Å². The molecule has 3 N–H and O–H groups in total. The molecule has 0 amide bonds. The highest BCUT2D eigenvalue weighted by atomic mass is 35.5. The van der Waals surface area contributed by atoms with Crippen molar-refractivity contribution in [2.45, 2.75) is 24.6 Å². The summed E-state index contributed by atoms with van der Waals surface area (Å²) in [6, 6.07) is 7.01. The monoisotopic (exact) mass is 396 g/mol. The molecule has 0 atom stereocenters. The molecule has 1 saturated heterocycles. The van der Waals surface area contributed by atoms with Crippen LogP contribution in [0.2, 0.25) is 5.02 Å². The number of hydrogen-bond acceptors (Lipinski definition) is 5. The Morgan fingerprint density at radius 3 is 2.52 bits per heavy atom. The van der Waals surface area contributed by atoms with Gasteiger partial charge in [0.15, 0.2) is 0 Å². The molecule has 0 bridgehead atoms. The largest absolute Gasteiger partial charge is 0.417 e. The van der Waals surface area contributed by atoms with Crippen molar-refractivity contribution in [3.63, 3.8) is 0 Å². The molecule has 9 heteroatoms. The number of nitrogen functional groups attached to an aromatic ring is 1. The van der Waals surface area contributed by atoms with Crippen LogP contribution in [0, 0.1) is 11.3 Å². The summed E-state index contributed by atoms with van der Waals surface area (Å²) in [4.78, 5) is 5.99. The molecule has 1 aliphatic rings. The van der Waals surface area contributed by atoms with E-state index in [0.717, 1.165) is 12.1 Å². The molecule has 1 aromatic heterocycles. The summed E-state index contributed by atoms with van der Waals surface area (Å²) in [6.45, 7) is 0.651. The second-order valence-electron chi connectivity index (χ2n) is 6.46. The topological polar surface area (TPSA) is 86.2 Å². The number of rotatable bonds is 2. The van der Waals surface area contributed by atoms with Crippen LogP contribution in [0.5, 0.6) is 0 Å². The van der Waals surface area contributed by atoms with E-state index in [1.165, 1.54) is 18.3 Å². The van der Waals surface area contributed by atoms with E-state index >= 15 is 0 Å². The maximum Gasteiger partial charge on any atom is 0.417 e. The minimum absolute atomic E-state index is 0.171. The van der Waals surface area contributed by atoms with Crippen molar-refractivity contribution in [2.75, 3.05) is 23.7 Å². The second kappa shape index (κ2) is 6.91. The number of nitrogens with two attached hydrogens (primary N) is 1. The molecule has 0 saturated carbocycles. The van der Waals surface area contributed by atoms with Crippen LogP contribution in [0.1, 0.15) is 29.5 Å². The van der Waals surface area contributed by atoms with E-state index in [1.807, 2.05) is 11.0 Å². The summed E-state index contributed by atoms with van der Waals surface area (Å²) in [5, 5.41) is 19.8. The van der Waals surface area contributed by atoms with E-state index < -0.39 is 22.4 Å². The molecule has 2 aromatic rings. The van der Waals surface area contributed by atoms with Crippen LogP contribution in [0.25, 0.3) is 0 Å². The predicted molar refractivity (Wildman–Crippen MR) is 95.2 cm³/mol. The molecule has 0 spiro atoms. The smallest absolute Gasteiger partial charge is 0.397 e.